The van der Waals surface area contributed by atoms with Crippen LogP contribution in [0.15, 0.2) is 0 Å². The Hall–Kier alpha value is -4.81. The number of nitrogens with zero attached hydrogens (tertiary/aromatic N) is 1. The van der Waals surface area contributed by atoms with Gasteiger partial charge < -0.3 is 52.7 Å². The lowest BCUT2D eigenvalue weighted by Crippen LogP contribution is -2.61. The van der Waals surface area contributed by atoms with Gasteiger partial charge in [0.1, 0.15) is 42.3 Å². The summed E-state index contributed by atoms with van der Waals surface area (Å²) in [6.07, 6.45) is 0.246. The van der Waals surface area contributed by atoms with Crippen LogP contribution in [0.5, 0.6) is 0 Å². The maximum Gasteiger partial charge on any atom is 0.325 e. The number of likely N-dealkylation sites (tertiary alicyclic amines) is 1. The molecule has 0 aromatic rings. The third-order valence-electron chi connectivity index (χ3n) is 8.35. The van der Waals surface area contributed by atoms with Crippen LogP contribution in [0, 0.1) is 17.8 Å². The van der Waals surface area contributed by atoms with Crippen molar-refractivity contribution >= 4 is 53.3 Å². The molecule has 0 unspecified atom stereocenters. The fraction of sp³-hybridized carbons (Fsp3) is 0.727. The molecule has 1 saturated heterocycles. The standard InChI is InChI=1S/C33H56N8O11/c1-15(2)12-21(32(50)41-11-9-10-22(41)29(47)36-19(8)33(51)52)38-27(45)18(7)35-30(48)25(16(3)4)40-31(49)26(17(5)6)39-28(46)20(13-24(43)44)37-23(42)14-34/h15-22,25-26H,9-14,34H2,1-8H3,(H,35,48)(H,36,47)(H,37,42)(H,38,45)(H,39,46)(H,40,49)(H,43,44)(H,51,52)/t18-,19-,20-,21-,22-,25-,26-/m0/s1. The van der Waals surface area contributed by atoms with Gasteiger partial charge in [-0.05, 0) is 50.9 Å². The van der Waals surface area contributed by atoms with E-state index >= 15 is 0 Å². The first-order valence-corrected chi connectivity index (χ1v) is 17.4. The summed E-state index contributed by atoms with van der Waals surface area (Å²) in [4.78, 5) is 115. The molecule has 52 heavy (non-hydrogen) atoms. The van der Waals surface area contributed by atoms with Gasteiger partial charge in [-0.1, -0.05) is 41.5 Å². The molecule has 0 saturated carbocycles. The summed E-state index contributed by atoms with van der Waals surface area (Å²) in [5.41, 5.74) is 5.27. The van der Waals surface area contributed by atoms with Gasteiger partial charge in [-0.2, -0.15) is 0 Å². The average molecular weight is 741 g/mol. The third-order valence-corrected chi connectivity index (χ3v) is 8.35. The average Bonchev–Trinajstić information content (AvgIpc) is 3.54. The maximum atomic E-state index is 13.7. The van der Waals surface area contributed by atoms with E-state index in [1.165, 1.54) is 18.7 Å². The number of nitrogens with two attached hydrogens (primary N) is 1. The van der Waals surface area contributed by atoms with Crippen molar-refractivity contribution in [3.05, 3.63) is 0 Å². The highest BCUT2D eigenvalue weighted by Crippen LogP contribution is 2.21. The summed E-state index contributed by atoms with van der Waals surface area (Å²) >= 11 is 0. The number of hydrogen-bond donors (Lipinski definition) is 9. The van der Waals surface area contributed by atoms with Crippen LogP contribution in [0.3, 0.4) is 0 Å². The molecule has 0 radical (unpaired) electrons. The highest BCUT2D eigenvalue weighted by molar-refractivity contribution is 5.98. The van der Waals surface area contributed by atoms with Gasteiger partial charge in [0.05, 0.1) is 13.0 Å². The number of carboxylic acids is 2. The number of rotatable bonds is 20. The zero-order valence-corrected chi connectivity index (χ0v) is 31.1. The minimum absolute atomic E-state index is 0.0627. The molecular formula is C33H56N8O11. The second-order valence-electron chi connectivity index (χ2n) is 14.1. The normalized spacial score (nSPS) is 17.6. The number of hydrogen-bond acceptors (Lipinski definition) is 10. The van der Waals surface area contributed by atoms with Gasteiger partial charge >= 0.3 is 11.9 Å². The molecule has 0 spiro atoms. The lowest BCUT2D eigenvalue weighted by Gasteiger charge is -2.31. The van der Waals surface area contributed by atoms with Crippen LogP contribution in [0.2, 0.25) is 0 Å². The minimum Gasteiger partial charge on any atom is -0.481 e. The fourth-order valence-corrected chi connectivity index (χ4v) is 5.44. The van der Waals surface area contributed by atoms with Gasteiger partial charge in [0, 0.05) is 6.54 Å². The van der Waals surface area contributed by atoms with Crippen molar-refractivity contribution in [1.82, 2.24) is 36.8 Å². The Morgan fingerprint density at radius 2 is 1.21 bits per heavy atom. The molecule has 1 fully saturated rings. The van der Waals surface area contributed by atoms with E-state index in [9.17, 15) is 48.3 Å². The van der Waals surface area contributed by atoms with Gasteiger partial charge in [0.15, 0.2) is 0 Å². The summed E-state index contributed by atoms with van der Waals surface area (Å²) < 4.78 is 0. The molecule has 7 amide bonds. The van der Waals surface area contributed by atoms with Crippen LogP contribution >= 0.6 is 0 Å². The molecule has 19 nitrogen and oxygen atoms in total. The Morgan fingerprint density at radius 1 is 0.673 bits per heavy atom. The van der Waals surface area contributed by atoms with Gasteiger partial charge in [-0.3, -0.25) is 43.2 Å². The summed E-state index contributed by atoms with van der Waals surface area (Å²) in [5.74, 6) is -8.83. The quantitative estimate of drug-likeness (QED) is 0.0643. The first-order chi connectivity index (χ1) is 24.1. The van der Waals surface area contributed by atoms with Crippen molar-refractivity contribution in [2.45, 2.75) is 123 Å². The van der Waals surface area contributed by atoms with Crippen LogP contribution in [0.25, 0.3) is 0 Å². The van der Waals surface area contributed by atoms with E-state index in [0.29, 0.717) is 12.8 Å². The highest BCUT2D eigenvalue weighted by Gasteiger charge is 2.39. The number of carboxylic acid groups (broad SMARTS) is 2. The smallest absolute Gasteiger partial charge is 0.325 e. The Bertz CT molecular complexity index is 1340. The number of aliphatic carboxylic acids is 2. The second kappa shape index (κ2) is 20.9. The molecule has 1 aliphatic rings. The van der Waals surface area contributed by atoms with Crippen molar-refractivity contribution < 1.29 is 53.4 Å². The summed E-state index contributed by atoms with van der Waals surface area (Å²) in [5, 5.41) is 33.2. The Kier molecular flexibility index (Phi) is 18.2. The SMILES string of the molecule is CC(C)C[C@H](NC(=O)[C@H](C)NC(=O)[C@@H](NC(=O)[C@@H](NC(=O)[C@H](CC(=O)O)NC(=O)CN)C(C)C)C(C)C)C(=O)N1CCC[C@H]1C(=O)N[C@@H](C)C(=O)O. The predicted molar refractivity (Wildman–Crippen MR) is 186 cm³/mol. The number of carbonyl (C=O) groups excluding carboxylic acids is 7. The summed E-state index contributed by atoms with van der Waals surface area (Å²) in [6, 6.07) is -8.30. The first-order valence-electron chi connectivity index (χ1n) is 17.4. The molecule has 0 bridgehead atoms. The highest BCUT2D eigenvalue weighted by atomic mass is 16.4. The van der Waals surface area contributed by atoms with Gasteiger partial charge in [-0.25, -0.2) is 0 Å². The van der Waals surface area contributed by atoms with E-state index in [-0.39, 0.29) is 18.9 Å². The van der Waals surface area contributed by atoms with E-state index in [0.717, 1.165) is 0 Å². The third kappa shape index (κ3) is 14.1. The van der Waals surface area contributed by atoms with E-state index in [1.807, 2.05) is 13.8 Å². The lowest BCUT2D eigenvalue weighted by atomic mass is 9.99. The van der Waals surface area contributed by atoms with Crippen molar-refractivity contribution in [3.8, 4) is 0 Å². The van der Waals surface area contributed by atoms with Crippen LogP contribution in [0.1, 0.15) is 81.1 Å². The van der Waals surface area contributed by atoms with Gasteiger partial charge in [-0.15, -0.1) is 0 Å². The summed E-state index contributed by atoms with van der Waals surface area (Å²) in [6.45, 7) is 12.6. The van der Waals surface area contributed by atoms with E-state index < -0.39 is 120 Å². The van der Waals surface area contributed by atoms with E-state index in [4.69, 9.17) is 10.8 Å². The van der Waals surface area contributed by atoms with Crippen LogP contribution in [-0.2, 0) is 43.2 Å². The fourth-order valence-electron chi connectivity index (χ4n) is 5.44. The topological polar surface area (TPSA) is 296 Å². The van der Waals surface area contributed by atoms with Crippen molar-refractivity contribution in [2.24, 2.45) is 23.5 Å². The number of amides is 7. The van der Waals surface area contributed by atoms with Crippen molar-refractivity contribution in [1.29, 1.82) is 0 Å². The molecular weight excluding hydrogens is 684 g/mol. The molecule has 10 N–H and O–H groups in total. The monoisotopic (exact) mass is 740 g/mol. The Balaban J connectivity index is 3.07. The minimum atomic E-state index is -1.52. The van der Waals surface area contributed by atoms with E-state index in [2.05, 4.69) is 31.9 Å². The van der Waals surface area contributed by atoms with Crippen LogP contribution in [0.4, 0.5) is 0 Å². The Labute approximate surface area is 303 Å². The zero-order valence-electron chi connectivity index (χ0n) is 31.1. The zero-order chi connectivity index (χ0) is 40.0. The first kappa shape index (κ1) is 45.2. The molecule has 0 aromatic heterocycles. The largest absolute Gasteiger partial charge is 0.481 e. The van der Waals surface area contributed by atoms with Gasteiger partial charge in [0.25, 0.3) is 0 Å². The molecule has 1 heterocycles. The van der Waals surface area contributed by atoms with E-state index in [1.54, 1.807) is 27.7 Å². The Morgan fingerprint density at radius 3 is 1.69 bits per heavy atom. The molecule has 294 valence electrons. The van der Waals surface area contributed by atoms with Gasteiger partial charge in [0.2, 0.25) is 41.4 Å². The van der Waals surface area contributed by atoms with Crippen molar-refractivity contribution in [3.63, 3.8) is 0 Å². The predicted octanol–water partition coefficient (Wildman–Crippen LogP) is -2.20. The number of nitrogens with one attached hydrogen (secondary N) is 6. The number of carbonyl (C=O) groups is 9. The molecule has 1 aliphatic heterocycles. The molecule has 0 aromatic carbocycles. The van der Waals surface area contributed by atoms with Crippen molar-refractivity contribution in [2.75, 3.05) is 13.1 Å². The molecule has 1 rings (SSSR count). The molecule has 19 heteroatoms. The summed E-state index contributed by atoms with van der Waals surface area (Å²) in [7, 11) is 0. The maximum absolute atomic E-state index is 13.7. The van der Waals surface area contributed by atoms with Crippen LogP contribution < -0.4 is 37.6 Å². The second-order valence-corrected chi connectivity index (χ2v) is 14.1. The van der Waals surface area contributed by atoms with Crippen LogP contribution in [-0.4, -0.2) is 124 Å². The molecule has 7 atom stereocenters. The molecule has 0 aliphatic carbocycles. The lowest BCUT2D eigenvalue weighted by molar-refractivity contribution is -0.144.